The molecule has 0 fully saturated rings. The Morgan fingerprint density at radius 3 is 2.50 bits per heavy atom. The molecule has 110 valence electrons. The van der Waals surface area contributed by atoms with Gasteiger partial charge in [-0.15, -0.1) is 0 Å². The number of rotatable bonds is 3. The Hall–Kier alpha value is -1.56. The van der Waals surface area contributed by atoms with E-state index < -0.39 is 17.7 Å². The molecule has 0 aliphatic heterocycles. The summed E-state index contributed by atoms with van der Waals surface area (Å²) in [7, 11) is 0. The van der Waals surface area contributed by atoms with Crippen LogP contribution in [0.4, 0.5) is 13.2 Å². The van der Waals surface area contributed by atoms with Crippen LogP contribution in [0.2, 0.25) is 0 Å². The van der Waals surface area contributed by atoms with Gasteiger partial charge in [-0.25, -0.2) is 0 Å². The Balaban J connectivity index is 2.07. The van der Waals surface area contributed by atoms with Gasteiger partial charge in [0, 0.05) is 6.04 Å². The third kappa shape index (κ3) is 3.72. The van der Waals surface area contributed by atoms with Crippen molar-refractivity contribution in [3.05, 3.63) is 34.9 Å². The van der Waals surface area contributed by atoms with Gasteiger partial charge in [-0.2, -0.15) is 13.2 Å². The quantitative estimate of drug-likeness (QED) is 0.840. The molecule has 20 heavy (non-hydrogen) atoms. The van der Waals surface area contributed by atoms with Crippen molar-refractivity contribution in [2.24, 2.45) is 0 Å². The first-order valence-corrected chi connectivity index (χ1v) is 6.50. The van der Waals surface area contributed by atoms with E-state index in [-0.39, 0.29) is 12.6 Å². The van der Waals surface area contributed by atoms with E-state index in [0.29, 0.717) is 19.3 Å². The van der Waals surface area contributed by atoms with Gasteiger partial charge in [-0.05, 0) is 48.9 Å². The molecular weight excluding hydrogens is 271 g/mol. The fourth-order valence-corrected chi connectivity index (χ4v) is 2.52. The molecule has 1 aromatic rings. The summed E-state index contributed by atoms with van der Waals surface area (Å²) >= 11 is 0. The zero-order valence-corrected chi connectivity index (χ0v) is 10.8. The third-order valence-electron chi connectivity index (χ3n) is 3.60. The van der Waals surface area contributed by atoms with E-state index in [1.807, 2.05) is 0 Å². The molecule has 2 N–H and O–H groups in total. The fraction of sp³-hybridized carbons (Fsp3) is 0.500. The molecule has 1 atom stereocenters. The number of alkyl halides is 3. The van der Waals surface area contributed by atoms with Crippen molar-refractivity contribution in [3.63, 3.8) is 0 Å². The van der Waals surface area contributed by atoms with Crippen molar-refractivity contribution in [2.75, 3.05) is 6.54 Å². The molecule has 2 rings (SSSR count). The molecule has 1 aliphatic carbocycles. The Kier molecular flexibility index (Phi) is 4.32. The zero-order chi connectivity index (χ0) is 14.8. The van der Waals surface area contributed by atoms with Crippen LogP contribution in [0.25, 0.3) is 0 Å². The van der Waals surface area contributed by atoms with Gasteiger partial charge in [0.1, 0.15) is 0 Å². The van der Waals surface area contributed by atoms with Crippen LogP contribution in [0.3, 0.4) is 0 Å². The van der Waals surface area contributed by atoms with Crippen molar-refractivity contribution in [1.82, 2.24) is 5.32 Å². The molecule has 0 saturated carbocycles. The van der Waals surface area contributed by atoms with Crippen LogP contribution in [0.15, 0.2) is 18.2 Å². The van der Waals surface area contributed by atoms with Crippen LogP contribution in [-0.4, -0.2) is 23.7 Å². The number of fused-ring (bicyclic) bond motifs is 1. The summed E-state index contributed by atoms with van der Waals surface area (Å²) in [5.74, 6) is -0.925. The van der Waals surface area contributed by atoms with Crippen LogP contribution in [0.1, 0.15) is 29.5 Å². The lowest BCUT2D eigenvalue weighted by atomic mass is 10.00. The highest BCUT2D eigenvalue weighted by molar-refractivity contribution is 5.69. The molecule has 1 aliphatic rings. The van der Waals surface area contributed by atoms with E-state index >= 15 is 0 Å². The van der Waals surface area contributed by atoms with E-state index in [1.54, 1.807) is 0 Å². The monoisotopic (exact) mass is 287 g/mol. The number of carboxylic acid groups (broad SMARTS) is 1. The molecule has 0 aromatic heterocycles. The number of hydrogen-bond acceptors (Lipinski definition) is 2. The van der Waals surface area contributed by atoms with Gasteiger partial charge in [-0.3, -0.25) is 4.79 Å². The van der Waals surface area contributed by atoms with Gasteiger partial charge < -0.3 is 10.4 Å². The molecule has 0 spiro atoms. The Labute approximate surface area is 114 Å². The van der Waals surface area contributed by atoms with E-state index in [9.17, 15) is 18.0 Å². The highest BCUT2D eigenvalue weighted by Gasteiger charge is 2.31. The predicted octanol–water partition coefficient (Wildman–Crippen LogP) is 2.63. The molecule has 1 aromatic carbocycles. The Morgan fingerprint density at radius 2 is 1.90 bits per heavy atom. The van der Waals surface area contributed by atoms with Crippen LogP contribution in [0.5, 0.6) is 0 Å². The summed E-state index contributed by atoms with van der Waals surface area (Å²) < 4.78 is 38.0. The summed E-state index contributed by atoms with van der Waals surface area (Å²) in [6, 6.07) is 3.91. The minimum Gasteiger partial charge on any atom is -0.480 e. The minimum absolute atomic E-state index is 0.0350. The molecule has 0 heterocycles. The second-order valence-electron chi connectivity index (χ2n) is 5.03. The number of aryl methyl sites for hydroxylation is 2. The SMILES string of the molecule is O=C(O)CNC1CCc2ccc(C(F)(F)F)cc2CC1. The molecular formula is C14H16F3NO2. The van der Waals surface area contributed by atoms with Crippen molar-refractivity contribution < 1.29 is 23.1 Å². The summed E-state index contributed by atoms with van der Waals surface area (Å²) in [5, 5.41) is 11.5. The third-order valence-corrected chi connectivity index (χ3v) is 3.60. The number of aliphatic carboxylic acids is 1. The highest BCUT2D eigenvalue weighted by atomic mass is 19.4. The highest BCUT2D eigenvalue weighted by Crippen LogP contribution is 2.32. The van der Waals surface area contributed by atoms with Gasteiger partial charge in [0.25, 0.3) is 0 Å². The largest absolute Gasteiger partial charge is 0.480 e. The normalized spacial score (nSPS) is 19.2. The van der Waals surface area contributed by atoms with Crippen LogP contribution in [0, 0.1) is 0 Å². The first kappa shape index (κ1) is 14.8. The smallest absolute Gasteiger partial charge is 0.416 e. The summed E-state index contributed by atoms with van der Waals surface area (Å²) in [5.41, 5.74) is 1.03. The molecule has 3 nitrogen and oxygen atoms in total. The van der Waals surface area contributed by atoms with E-state index in [1.165, 1.54) is 12.1 Å². The summed E-state index contributed by atoms with van der Waals surface area (Å²) in [4.78, 5) is 10.5. The number of benzene rings is 1. The van der Waals surface area contributed by atoms with Crippen LogP contribution >= 0.6 is 0 Å². The average Bonchev–Trinajstić information content (AvgIpc) is 2.57. The van der Waals surface area contributed by atoms with Crippen molar-refractivity contribution in [2.45, 2.75) is 37.9 Å². The second kappa shape index (κ2) is 5.83. The lowest BCUT2D eigenvalue weighted by Crippen LogP contribution is -2.33. The topological polar surface area (TPSA) is 49.3 Å². The number of nitrogens with one attached hydrogen (secondary N) is 1. The maximum atomic E-state index is 12.7. The number of carboxylic acids is 1. The van der Waals surface area contributed by atoms with Crippen molar-refractivity contribution in [3.8, 4) is 0 Å². The molecule has 0 amide bonds. The van der Waals surface area contributed by atoms with E-state index in [0.717, 1.165) is 23.6 Å². The zero-order valence-electron chi connectivity index (χ0n) is 10.8. The lowest BCUT2D eigenvalue weighted by Gasteiger charge is -2.14. The fourth-order valence-electron chi connectivity index (χ4n) is 2.52. The Morgan fingerprint density at radius 1 is 1.25 bits per heavy atom. The molecule has 1 unspecified atom stereocenters. The van der Waals surface area contributed by atoms with E-state index in [4.69, 9.17) is 5.11 Å². The molecule has 0 saturated heterocycles. The second-order valence-corrected chi connectivity index (χ2v) is 5.03. The van der Waals surface area contributed by atoms with E-state index in [2.05, 4.69) is 5.32 Å². The van der Waals surface area contributed by atoms with Crippen molar-refractivity contribution in [1.29, 1.82) is 0 Å². The lowest BCUT2D eigenvalue weighted by molar-refractivity contribution is -0.138. The van der Waals surface area contributed by atoms with Gasteiger partial charge in [0.2, 0.25) is 0 Å². The van der Waals surface area contributed by atoms with Crippen LogP contribution in [-0.2, 0) is 23.8 Å². The molecule has 6 heteroatoms. The summed E-state index contributed by atoms with van der Waals surface area (Å²) in [6.45, 7) is -0.116. The number of hydrogen-bond donors (Lipinski definition) is 2. The molecule has 0 radical (unpaired) electrons. The van der Waals surface area contributed by atoms with Crippen LogP contribution < -0.4 is 5.32 Å². The average molecular weight is 287 g/mol. The molecule has 0 bridgehead atoms. The Bertz CT molecular complexity index is 500. The first-order valence-electron chi connectivity index (χ1n) is 6.50. The predicted molar refractivity (Wildman–Crippen MR) is 67.5 cm³/mol. The van der Waals surface area contributed by atoms with Crippen molar-refractivity contribution >= 4 is 5.97 Å². The minimum atomic E-state index is -4.32. The maximum Gasteiger partial charge on any atom is 0.416 e. The van der Waals surface area contributed by atoms with Gasteiger partial charge in [-0.1, -0.05) is 6.07 Å². The maximum absolute atomic E-state index is 12.7. The van der Waals surface area contributed by atoms with Gasteiger partial charge in [0.05, 0.1) is 12.1 Å². The van der Waals surface area contributed by atoms with Gasteiger partial charge >= 0.3 is 12.1 Å². The standard InChI is InChI=1S/C14H16F3NO2/c15-14(16,17)11-4-1-9-2-5-12(18-8-13(19)20)6-3-10(9)7-11/h1,4,7,12,18H,2-3,5-6,8H2,(H,19,20). The number of carbonyl (C=O) groups is 1. The first-order chi connectivity index (χ1) is 9.36. The van der Waals surface area contributed by atoms with Gasteiger partial charge in [0.15, 0.2) is 0 Å². The summed E-state index contributed by atoms with van der Waals surface area (Å²) in [6.07, 6.45) is -1.71. The number of halogens is 3.